The molecule has 0 unspecified atom stereocenters. The van der Waals surface area contributed by atoms with Crippen molar-refractivity contribution in [1.29, 1.82) is 0 Å². The molecule has 0 saturated heterocycles. The maximum absolute atomic E-state index is 12.6. The van der Waals surface area contributed by atoms with Crippen LogP contribution in [0.2, 0.25) is 0 Å². The number of carbonyl (C=O) groups is 1. The molecule has 1 aromatic heterocycles. The number of thioether (sulfide) groups is 1. The summed E-state index contributed by atoms with van der Waals surface area (Å²) in [5.74, 6) is 1.41. The Morgan fingerprint density at radius 3 is 2.58 bits per heavy atom. The van der Waals surface area contributed by atoms with Crippen LogP contribution in [0.4, 0.5) is 0 Å². The van der Waals surface area contributed by atoms with Gasteiger partial charge in [-0.3, -0.25) is 4.79 Å². The van der Waals surface area contributed by atoms with Crippen molar-refractivity contribution in [2.45, 2.75) is 30.7 Å². The van der Waals surface area contributed by atoms with Crippen LogP contribution < -0.4 is 4.74 Å². The first kappa shape index (κ1) is 16.8. The predicted molar refractivity (Wildman–Crippen MR) is 102 cm³/mol. The van der Waals surface area contributed by atoms with E-state index >= 15 is 0 Å². The summed E-state index contributed by atoms with van der Waals surface area (Å²) in [7, 11) is 0. The highest BCUT2D eigenvalue weighted by atomic mass is 32.2. The van der Waals surface area contributed by atoms with Gasteiger partial charge in [0.05, 0.1) is 6.61 Å². The highest BCUT2D eigenvalue weighted by Gasteiger charge is 2.30. The summed E-state index contributed by atoms with van der Waals surface area (Å²) in [5.41, 5.74) is 3.19. The van der Waals surface area contributed by atoms with E-state index in [0.717, 1.165) is 16.9 Å². The van der Waals surface area contributed by atoms with Crippen LogP contribution in [-0.4, -0.2) is 27.3 Å². The standard InChI is InChI=1S/C20H19N3O2S/c1-3-25-16-10-8-14(9-11-16)17-12-18(24)23-20(26-17)21-19(22-23)15-6-4-13(2)5-7-15/h4-11,17H,3,12H2,1-2H3/t17-/m0/s1. The Kier molecular flexibility index (Phi) is 4.51. The van der Waals surface area contributed by atoms with Crippen molar-refractivity contribution in [1.82, 2.24) is 14.8 Å². The SMILES string of the molecule is CCOc1ccc([C@@H]2CC(=O)n3nc(-c4ccc(C)cc4)nc3S2)cc1. The number of ether oxygens (including phenoxy) is 1. The van der Waals surface area contributed by atoms with Gasteiger partial charge in [-0.25, -0.2) is 4.98 Å². The summed E-state index contributed by atoms with van der Waals surface area (Å²) in [5, 5.41) is 5.10. The van der Waals surface area contributed by atoms with E-state index < -0.39 is 0 Å². The van der Waals surface area contributed by atoms with E-state index in [0.29, 0.717) is 24.0 Å². The second-order valence-corrected chi connectivity index (χ2v) is 7.37. The smallest absolute Gasteiger partial charge is 0.250 e. The minimum absolute atomic E-state index is 0.0245. The molecule has 1 aliphatic rings. The predicted octanol–water partition coefficient (Wildman–Crippen LogP) is 4.53. The molecule has 2 heterocycles. The van der Waals surface area contributed by atoms with Gasteiger partial charge in [0.15, 0.2) is 11.0 Å². The number of benzene rings is 2. The van der Waals surface area contributed by atoms with Crippen molar-refractivity contribution in [3.8, 4) is 17.1 Å². The Hall–Kier alpha value is -2.60. The van der Waals surface area contributed by atoms with Crippen LogP contribution in [0, 0.1) is 6.92 Å². The molecule has 3 aromatic rings. The Balaban J connectivity index is 1.60. The third-order valence-corrected chi connectivity index (χ3v) is 5.49. The Morgan fingerprint density at radius 1 is 1.15 bits per heavy atom. The van der Waals surface area contributed by atoms with Crippen LogP contribution >= 0.6 is 11.8 Å². The summed E-state index contributed by atoms with van der Waals surface area (Å²) < 4.78 is 6.92. The van der Waals surface area contributed by atoms with Crippen molar-refractivity contribution in [2.75, 3.05) is 6.61 Å². The fourth-order valence-corrected chi connectivity index (χ4v) is 4.06. The molecule has 26 heavy (non-hydrogen) atoms. The van der Waals surface area contributed by atoms with Gasteiger partial charge in [0, 0.05) is 17.2 Å². The summed E-state index contributed by atoms with van der Waals surface area (Å²) in [6.45, 7) is 4.64. The van der Waals surface area contributed by atoms with Gasteiger partial charge in [0.1, 0.15) is 5.75 Å². The molecule has 5 nitrogen and oxygen atoms in total. The van der Waals surface area contributed by atoms with E-state index in [1.807, 2.05) is 62.4 Å². The first-order chi connectivity index (χ1) is 12.6. The number of aromatic nitrogens is 3. The van der Waals surface area contributed by atoms with E-state index in [9.17, 15) is 4.79 Å². The van der Waals surface area contributed by atoms with Crippen molar-refractivity contribution >= 4 is 17.7 Å². The molecule has 0 saturated carbocycles. The molecule has 132 valence electrons. The molecule has 0 amide bonds. The molecule has 0 spiro atoms. The number of hydrogen-bond donors (Lipinski definition) is 0. The zero-order chi connectivity index (χ0) is 18.1. The van der Waals surface area contributed by atoms with Crippen LogP contribution in [0.25, 0.3) is 11.4 Å². The lowest BCUT2D eigenvalue weighted by molar-refractivity contribution is 0.0868. The highest BCUT2D eigenvalue weighted by molar-refractivity contribution is 7.99. The van der Waals surface area contributed by atoms with Crippen molar-refractivity contribution in [2.24, 2.45) is 0 Å². The molecule has 0 radical (unpaired) electrons. The Morgan fingerprint density at radius 2 is 1.88 bits per heavy atom. The number of aryl methyl sites for hydroxylation is 1. The average Bonchev–Trinajstić information content (AvgIpc) is 3.08. The topological polar surface area (TPSA) is 57.0 Å². The first-order valence-corrected chi connectivity index (χ1v) is 9.48. The second kappa shape index (κ2) is 6.96. The largest absolute Gasteiger partial charge is 0.494 e. The lowest BCUT2D eigenvalue weighted by atomic mass is 10.1. The summed E-state index contributed by atoms with van der Waals surface area (Å²) in [6, 6.07) is 15.9. The quantitative estimate of drug-likeness (QED) is 0.680. The third-order valence-electron chi connectivity index (χ3n) is 4.29. The maximum atomic E-state index is 12.6. The normalized spacial score (nSPS) is 16.4. The van der Waals surface area contributed by atoms with Crippen LogP contribution in [0.5, 0.6) is 5.75 Å². The molecular formula is C20H19N3O2S. The first-order valence-electron chi connectivity index (χ1n) is 8.61. The number of fused-ring (bicyclic) bond motifs is 1. The van der Waals surface area contributed by atoms with Gasteiger partial charge >= 0.3 is 0 Å². The van der Waals surface area contributed by atoms with Gasteiger partial charge in [-0.05, 0) is 31.5 Å². The van der Waals surface area contributed by atoms with Gasteiger partial charge in [-0.2, -0.15) is 4.68 Å². The lowest BCUT2D eigenvalue weighted by Gasteiger charge is -2.20. The minimum atomic E-state index is -0.0245. The average molecular weight is 365 g/mol. The summed E-state index contributed by atoms with van der Waals surface area (Å²) >= 11 is 1.58. The van der Waals surface area contributed by atoms with Crippen LogP contribution in [0.15, 0.2) is 53.7 Å². The number of rotatable bonds is 4. The van der Waals surface area contributed by atoms with Crippen LogP contribution in [0.3, 0.4) is 0 Å². The van der Waals surface area contributed by atoms with Crippen molar-refractivity contribution in [3.05, 3.63) is 59.7 Å². The fourth-order valence-electron chi connectivity index (χ4n) is 2.91. The maximum Gasteiger partial charge on any atom is 0.250 e. The molecule has 0 bridgehead atoms. The van der Waals surface area contributed by atoms with Crippen molar-refractivity contribution in [3.63, 3.8) is 0 Å². The number of carbonyl (C=O) groups excluding carboxylic acids is 1. The van der Waals surface area contributed by atoms with Gasteiger partial charge in [-0.1, -0.05) is 53.7 Å². The van der Waals surface area contributed by atoms with Crippen LogP contribution in [-0.2, 0) is 0 Å². The second-order valence-electron chi connectivity index (χ2n) is 6.20. The molecule has 4 rings (SSSR count). The van der Waals surface area contributed by atoms with Gasteiger partial charge in [0.25, 0.3) is 5.91 Å². The van der Waals surface area contributed by atoms with Gasteiger partial charge in [-0.15, -0.1) is 5.10 Å². The molecule has 0 aliphatic carbocycles. The van der Waals surface area contributed by atoms with E-state index in [4.69, 9.17) is 4.74 Å². The molecule has 1 aliphatic heterocycles. The molecule has 1 atom stereocenters. The Bertz CT molecular complexity index is 933. The van der Waals surface area contributed by atoms with Gasteiger partial charge in [0.2, 0.25) is 0 Å². The summed E-state index contributed by atoms with van der Waals surface area (Å²) in [4.78, 5) is 17.2. The van der Waals surface area contributed by atoms with E-state index in [1.54, 1.807) is 11.8 Å². The number of hydrogen-bond acceptors (Lipinski definition) is 5. The lowest BCUT2D eigenvalue weighted by Crippen LogP contribution is -2.20. The summed E-state index contributed by atoms with van der Waals surface area (Å²) in [6.07, 6.45) is 0.405. The molecule has 2 aromatic carbocycles. The molecule has 0 fully saturated rings. The molecular weight excluding hydrogens is 346 g/mol. The molecule has 0 N–H and O–H groups in total. The van der Waals surface area contributed by atoms with Crippen LogP contribution in [0.1, 0.15) is 34.5 Å². The van der Waals surface area contributed by atoms with Gasteiger partial charge < -0.3 is 4.74 Å². The fraction of sp³-hybridized carbons (Fsp3) is 0.250. The zero-order valence-electron chi connectivity index (χ0n) is 14.7. The van der Waals surface area contributed by atoms with E-state index in [1.165, 1.54) is 10.2 Å². The third kappa shape index (κ3) is 3.24. The minimum Gasteiger partial charge on any atom is -0.494 e. The highest BCUT2D eigenvalue weighted by Crippen LogP contribution is 2.41. The Labute approximate surface area is 156 Å². The zero-order valence-corrected chi connectivity index (χ0v) is 15.5. The number of nitrogens with zero attached hydrogens (tertiary/aromatic N) is 3. The monoisotopic (exact) mass is 365 g/mol. The van der Waals surface area contributed by atoms with E-state index in [-0.39, 0.29) is 11.2 Å². The van der Waals surface area contributed by atoms with E-state index in [2.05, 4.69) is 10.1 Å². The molecule has 6 heteroatoms. The van der Waals surface area contributed by atoms with Crippen molar-refractivity contribution < 1.29 is 9.53 Å².